The van der Waals surface area contributed by atoms with Crippen LogP contribution in [0.2, 0.25) is 0 Å². The fourth-order valence-electron chi connectivity index (χ4n) is 16.2. The number of benzene rings is 6. The van der Waals surface area contributed by atoms with Gasteiger partial charge in [-0.15, -0.1) is 0 Å². The average Bonchev–Trinajstić information content (AvgIpc) is 0.711. The zero-order valence-electron chi connectivity index (χ0n) is 71.5. The Morgan fingerprint density at radius 2 is 0.417 bits per heavy atom. The predicted octanol–water partition coefficient (Wildman–Crippen LogP) is 30.7. The molecular weight excluding hydrogens is 1270 g/mol. The van der Waals surface area contributed by atoms with Crippen LogP contribution in [0.3, 0.4) is 0 Å². The van der Waals surface area contributed by atoms with Gasteiger partial charge in [0, 0.05) is 0 Å². The van der Waals surface area contributed by atoms with Gasteiger partial charge in [-0.3, -0.25) is 13.6 Å². The summed E-state index contributed by atoms with van der Waals surface area (Å²) in [4.78, 5) is 0. The molecule has 6 aromatic rings. The van der Waals surface area contributed by atoms with Crippen molar-refractivity contribution in [3.05, 3.63) is 244 Å². The molecule has 0 unspecified atom stereocenters. The van der Waals surface area contributed by atoms with Crippen LogP contribution < -0.4 is 0 Å². The standard InChI is InChI=1S/C99H147O3P/c1-31-37-40-43-46-49-76(34-4)97(79-58-52-70(7)64-85(79)91(13,14)15,80-59-53-71(8)65-86(80)92(16,17)18)100-103(101-98(77(35-5)50-47-44-41-38-32-2,81-60-54-72(9)66-87(81)93(19,20)21)82-61-55-73(10)67-88(82)94(22,23)24)102-99(78(36-6)51-48-45-42-39-33-3,83-62-56-74(11)68-89(83)95(25,26)27)84-63-57-75(12)69-90(84)96(28,29)30/h34-36,52-69H,31-33,37-51H2,1-30H3/b76-34+,77-35+,78-36+. The highest BCUT2D eigenvalue weighted by Gasteiger charge is 2.56. The fourth-order valence-corrected chi connectivity index (χ4v) is 17.9. The number of aryl methyl sites for hydroxylation is 6. The molecule has 0 amide bonds. The highest BCUT2D eigenvalue weighted by Crippen LogP contribution is 2.67. The van der Waals surface area contributed by atoms with Crippen LogP contribution in [-0.4, -0.2) is 0 Å². The number of allylic oxidation sites excluding steroid dienone is 3. The quantitative estimate of drug-likeness (QED) is 0.0233. The molecule has 0 bridgehead atoms. The lowest BCUT2D eigenvalue weighted by Gasteiger charge is -2.50. The van der Waals surface area contributed by atoms with Crippen molar-refractivity contribution in [2.24, 2.45) is 0 Å². The lowest BCUT2D eigenvalue weighted by Crippen LogP contribution is -2.43. The monoisotopic (exact) mass is 1420 g/mol. The molecule has 0 heterocycles. The molecule has 0 N–H and O–H groups in total. The average molecular weight is 1420 g/mol. The Morgan fingerprint density at radius 1 is 0.252 bits per heavy atom. The Balaban J connectivity index is 2.18. The van der Waals surface area contributed by atoms with E-state index in [0.717, 1.165) is 91.2 Å². The van der Waals surface area contributed by atoms with Crippen LogP contribution in [0, 0.1) is 41.5 Å². The van der Waals surface area contributed by atoms with Gasteiger partial charge < -0.3 is 0 Å². The summed E-state index contributed by atoms with van der Waals surface area (Å²) >= 11 is 0. The molecule has 3 nitrogen and oxygen atoms in total. The fraction of sp³-hybridized carbons (Fsp3) is 0.576. The van der Waals surface area contributed by atoms with Crippen molar-refractivity contribution in [1.29, 1.82) is 0 Å². The molecule has 0 saturated heterocycles. The molecule has 0 aliphatic carbocycles. The largest absolute Gasteiger partial charge is 0.337 e. The minimum atomic E-state index is -2.71. The summed E-state index contributed by atoms with van der Waals surface area (Å²) in [6, 6.07) is 43.8. The first-order valence-corrected chi connectivity index (χ1v) is 41.7. The van der Waals surface area contributed by atoms with Crippen molar-refractivity contribution in [3.8, 4) is 0 Å². The molecule has 0 fully saturated rings. The van der Waals surface area contributed by atoms with Gasteiger partial charge in [-0.05, 0) is 217 Å². The zero-order chi connectivity index (χ0) is 76.9. The number of rotatable bonds is 33. The van der Waals surface area contributed by atoms with Crippen LogP contribution in [-0.2, 0) is 62.9 Å². The Hall–Kier alpha value is -5.15. The molecule has 0 spiro atoms. The Bertz CT molecular complexity index is 3240. The molecule has 0 aliphatic rings. The summed E-state index contributed by atoms with van der Waals surface area (Å²) in [6.07, 6.45) is 26.8. The smallest absolute Gasteiger partial charge is 0.291 e. The molecule has 6 rings (SSSR count). The van der Waals surface area contributed by atoms with E-state index < -0.39 is 25.4 Å². The van der Waals surface area contributed by atoms with E-state index in [-0.39, 0.29) is 32.5 Å². The second-order valence-electron chi connectivity index (χ2n) is 37.3. The van der Waals surface area contributed by atoms with E-state index in [1.165, 1.54) is 141 Å². The van der Waals surface area contributed by atoms with Crippen LogP contribution >= 0.6 is 8.60 Å². The molecule has 103 heavy (non-hydrogen) atoms. The third-order valence-corrected chi connectivity index (χ3v) is 23.1. The first kappa shape index (κ1) is 86.8. The molecule has 566 valence electrons. The van der Waals surface area contributed by atoms with E-state index in [2.05, 4.69) is 335 Å². The van der Waals surface area contributed by atoms with Crippen molar-refractivity contribution in [1.82, 2.24) is 0 Å². The molecule has 0 aromatic heterocycles. The van der Waals surface area contributed by atoms with Gasteiger partial charge in [0.15, 0.2) is 0 Å². The van der Waals surface area contributed by atoms with E-state index in [1.54, 1.807) is 0 Å². The molecule has 4 heteroatoms. The van der Waals surface area contributed by atoms with E-state index in [4.69, 9.17) is 0 Å². The highest BCUT2D eigenvalue weighted by atomic mass is 31.2. The second-order valence-corrected chi connectivity index (χ2v) is 38.3. The Kier molecular flexibility index (Phi) is 30.5. The topological polar surface area (TPSA) is 27.7 Å². The normalized spacial score (nSPS) is 13.8. The molecule has 0 saturated carbocycles. The van der Waals surface area contributed by atoms with Crippen LogP contribution in [0.25, 0.3) is 0 Å². The van der Waals surface area contributed by atoms with Gasteiger partial charge in [-0.25, -0.2) is 0 Å². The summed E-state index contributed by atoms with van der Waals surface area (Å²) < 4.78 is 28.8. The number of unbranched alkanes of at least 4 members (excludes halogenated alkanes) is 12. The van der Waals surface area contributed by atoms with E-state index >= 15 is 0 Å². The summed E-state index contributed by atoms with van der Waals surface area (Å²) in [5.74, 6) is 0. The lowest BCUT2D eigenvalue weighted by molar-refractivity contribution is 0.00937. The maximum Gasteiger partial charge on any atom is 0.337 e. The first-order valence-electron chi connectivity index (χ1n) is 40.6. The maximum atomic E-state index is 9.59. The number of hydrogen-bond donors (Lipinski definition) is 0. The van der Waals surface area contributed by atoms with Crippen molar-refractivity contribution in [3.63, 3.8) is 0 Å². The van der Waals surface area contributed by atoms with Gasteiger partial charge in [0.2, 0.25) is 0 Å². The van der Waals surface area contributed by atoms with Gasteiger partial charge >= 0.3 is 8.60 Å². The highest BCUT2D eigenvalue weighted by molar-refractivity contribution is 7.41. The Labute approximate surface area is 635 Å². The van der Waals surface area contributed by atoms with Crippen LogP contribution in [0.15, 0.2) is 144 Å². The van der Waals surface area contributed by atoms with E-state index in [9.17, 15) is 13.6 Å². The van der Waals surface area contributed by atoms with Crippen molar-refractivity contribution in [2.45, 2.75) is 373 Å². The third-order valence-electron chi connectivity index (χ3n) is 21.9. The van der Waals surface area contributed by atoms with Crippen LogP contribution in [0.1, 0.15) is 382 Å². The SMILES string of the molecule is C/C=C(\CCCCCCC)C(OP(OC(/C(=C/C)CCCCCCC)(c1ccc(C)cc1C(C)(C)C)c1ccc(C)cc1C(C)(C)C)OC(/C(=C/C)CCCCCCC)(c1ccc(C)cc1C(C)(C)C)c1ccc(C)cc1C(C)(C)C)(c1ccc(C)cc1C(C)(C)C)c1ccc(C)cc1C(C)(C)C. The maximum absolute atomic E-state index is 9.59. The minimum Gasteiger partial charge on any atom is -0.291 e. The van der Waals surface area contributed by atoms with Gasteiger partial charge in [0.1, 0.15) is 16.8 Å². The van der Waals surface area contributed by atoms with Crippen LogP contribution in [0.5, 0.6) is 0 Å². The van der Waals surface area contributed by atoms with Gasteiger partial charge in [0.05, 0.1) is 0 Å². The second kappa shape index (κ2) is 36.2. The van der Waals surface area contributed by atoms with Crippen molar-refractivity contribution in [2.75, 3.05) is 0 Å². The van der Waals surface area contributed by atoms with Crippen molar-refractivity contribution < 1.29 is 13.6 Å². The van der Waals surface area contributed by atoms with Gasteiger partial charge in [-0.2, -0.15) is 0 Å². The molecule has 0 radical (unpaired) electrons. The Morgan fingerprint density at radius 3 is 0.563 bits per heavy atom. The summed E-state index contributed by atoms with van der Waals surface area (Å²) in [5.41, 5.74) is 19.3. The zero-order valence-corrected chi connectivity index (χ0v) is 72.4. The summed E-state index contributed by atoms with van der Waals surface area (Å²) in [7, 11) is -2.71. The van der Waals surface area contributed by atoms with Gasteiger partial charge in [-0.1, -0.05) is 383 Å². The molecule has 0 aliphatic heterocycles. The van der Waals surface area contributed by atoms with Crippen LogP contribution in [0.4, 0.5) is 0 Å². The van der Waals surface area contributed by atoms with Gasteiger partial charge in [0.25, 0.3) is 0 Å². The predicted molar refractivity (Wildman–Crippen MR) is 453 cm³/mol. The molecule has 6 aromatic carbocycles. The molecular formula is C99H147O3P. The first-order chi connectivity index (χ1) is 48.1. The van der Waals surface area contributed by atoms with Crippen molar-refractivity contribution >= 4 is 8.60 Å². The summed E-state index contributed by atoms with van der Waals surface area (Å²) in [5, 5.41) is 0. The minimum absolute atomic E-state index is 0.341. The third kappa shape index (κ3) is 20.8. The molecule has 0 atom stereocenters. The number of hydrogen-bond acceptors (Lipinski definition) is 3. The lowest BCUT2D eigenvalue weighted by atomic mass is 9.68. The summed E-state index contributed by atoms with van der Waals surface area (Å²) in [6.45, 7) is 70.9. The van der Waals surface area contributed by atoms with E-state index in [0.29, 0.717) is 0 Å². The van der Waals surface area contributed by atoms with E-state index in [1.807, 2.05) is 0 Å².